The summed E-state index contributed by atoms with van der Waals surface area (Å²) in [5.74, 6) is 0. The lowest BCUT2D eigenvalue weighted by Gasteiger charge is -2.17. The molecule has 0 unspecified atom stereocenters. The Hall–Kier alpha value is -1.33. The molecule has 2 nitrogen and oxygen atoms in total. The van der Waals surface area contributed by atoms with Gasteiger partial charge in [0.15, 0.2) is 0 Å². The van der Waals surface area contributed by atoms with Crippen LogP contribution in [0.25, 0.3) is 0 Å². The monoisotopic (exact) mass is 172 g/mol. The molecule has 0 spiro atoms. The minimum Gasteiger partial charge on any atom is -0.312 e. The van der Waals surface area contributed by atoms with E-state index in [1.807, 2.05) is 0 Å². The molecule has 0 bridgehead atoms. The molecule has 2 rings (SSSR count). The smallest absolute Gasteiger partial charge is 0.0669 e. The van der Waals surface area contributed by atoms with Gasteiger partial charge >= 0.3 is 0 Å². The van der Waals surface area contributed by atoms with Crippen LogP contribution in [-0.2, 0) is 19.4 Å². The molecule has 1 aliphatic heterocycles. The molecule has 13 heavy (non-hydrogen) atoms. The van der Waals surface area contributed by atoms with Gasteiger partial charge in [-0.1, -0.05) is 18.2 Å². The number of nitrogens with zero attached hydrogens (tertiary/aromatic N) is 1. The van der Waals surface area contributed by atoms with Crippen LogP contribution >= 0.6 is 0 Å². The molecule has 1 heterocycles. The van der Waals surface area contributed by atoms with Crippen LogP contribution in [0.4, 0.5) is 0 Å². The minimum absolute atomic E-state index is 0.528. The molecule has 0 saturated heterocycles. The van der Waals surface area contributed by atoms with Crippen LogP contribution < -0.4 is 5.32 Å². The average Bonchev–Trinajstić information content (AvgIpc) is 2.18. The first-order valence-corrected chi connectivity index (χ1v) is 4.58. The van der Waals surface area contributed by atoms with Gasteiger partial charge < -0.3 is 5.32 Å². The number of rotatable bonds is 1. The first-order valence-electron chi connectivity index (χ1n) is 4.58. The Morgan fingerprint density at radius 3 is 3.15 bits per heavy atom. The molecule has 0 radical (unpaired) electrons. The molecule has 0 aliphatic carbocycles. The van der Waals surface area contributed by atoms with Crippen molar-refractivity contribution in [2.24, 2.45) is 0 Å². The minimum atomic E-state index is 0.528. The molecule has 2 heteroatoms. The van der Waals surface area contributed by atoms with Crippen LogP contribution in [0.1, 0.15) is 16.7 Å². The van der Waals surface area contributed by atoms with E-state index in [4.69, 9.17) is 5.26 Å². The van der Waals surface area contributed by atoms with Gasteiger partial charge in [-0.3, -0.25) is 0 Å². The molecular formula is C11H12N2. The summed E-state index contributed by atoms with van der Waals surface area (Å²) in [4.78, 5) is 0. The number of fused-ring (bicyclic) bond motifs is 1. The molecule has 0 atom stereocenters. The van der Waals surface area contributed by atoms with Crippen LogP contribution in [0.5, 0.6) is 0 Å². The third kappa shape index (κ3) is 1.71. The van der Waals surface area contributed by atoms with Gasteiger partial charge in [-0.05, 0) is 29.7 Å². The standard InChI is InChI=1S/C11H12N2/c12-5-3-9-1-2-11-8-13-6-4-10(11)7-9/h1-2,7,13H,3-4,6,8H2. The fraction of sp³-hybridized carbons (Fsp3) is 0.364. The van der Waals surface area contributed by atoms with E-state index in [9.17, 15) is 0 Å². The van der Waals surface area contributed by atoms with Crippen LogP contribution in [0, 0.1) is 11.3 Å². The van der Waals surface area contributed by atoms with Gasteiger partial charge in [0.1, 0.15) is 0 Å². The molecule has 1 aliphatic rings. The number of nitriles is 1. The van der Waals surface area contributed by atoms with E-state index in [-0.39, 0.29) is 0 Å². The summed E-state index contributed by atoms with van der Waals surface area (Å²) in [6.07, 6.45) is 1.62. The van der Waals surface area contributed by atoms with Gasteiger partial charge in [0, 0.05) is 6.54 Å². The summed E-state index contributed by atoms with van der Waals surface area (Å²) in [6.45, 7) is 2.03. The molecule has 0 fully saturated rings. The first-order chi connectivity index (χ1) is 6.40. The second-order valence-electron chi connectivity index (χ2n) is 3.36. The molecule has 0 aromatic heterocycles. The van der Waals surface area contributed by atoms with Crippen LogP contribution in [-0.4, -0.2) is 6.54 Å². The van der Waals surface area contributed by atoms with Crippen molar-refractivity contribution in [2.75, 3.05) is 6.54 Å². The van der Waals surface area contributed by atoms with Crippen molar-refractivity contribution in [1.29, 1.82) is 5.26 Å². The highest BCUT2D eigenvalue weighted by atomic mass is 14.9. The van der Waals surface area contributed by atoms with Crippen LogP contribution in [0.15, 0.2) is 18.2 Å². The zero-order chi connectivity index (χ0) is 9.10. The maximum Gasteiger partial charge on any atom is 0.0669 e. The summed E-state index contributed by atoms with van der Waals surface area (Å²) in [7, 11) is 0. The lowest BCUT2D eigenvalue weighted by atomic mass is 9.98. The summed E-state index contributed by atoms with van der Waals surface area (Å²) in [6, 6.07) is 8.52. The molecule has 1 aromatic rings. The number of hydrogen-bond acceptors (Lipinski definition) is 2. The topological polar surface area (TPSA) is 35.8 Å². The summed E-state index contributed by atoms with van der Waals surface area (Å²) >= 11 is 0. The summed E-state index contributed by atoms with van der Waals surface area (Å²) < 4.78 is 0. The van der Waals surface area contributed by atoms with Crippen LogP contribution in [0.3, 0.4) is 0 Å². The largest absolute Gasteiger partial charge is 0.312 e. The van der Waals surface area contributed by atoms with E-state index in [1.54, 1.807) is 0 Å². The number of benzene rings is 1. The first kappa shape index (κ1) is 8.28. The van der Waals surface area contributed by atoms with E-state index in [1.165, 1.54) is 11.1 Å². The van der Waals surface area contributed by atoms with Gasteiger partial charge in [0.2, 0.25) is 0 Å². The predicted molar refractivity (Wildman–Crippen MR) is 51.2 cm³/mol. The highest BCUT2D eigenvalue weighted by Gasteiger charge is 2.08. The zero-order valence-electron chi connectivity index (χ0n) is 7.51. The van der Waals surface area contributed by atoms with E-state index in [0.717, 1.165) is 25.1 Å². The Kier molecular flexibility index (Phi) is 2.29. The van der Waals surface area contributed by atoms with Gasteiger partial charge in [-0.25, -0.2) is 0 Å². The van der Waals surface area contributed by atoms with E-state index >= 15 is 0 Å². The lowest BCUT2D eigenvalue weighted by molar-refractivity contribution is 0.643. The van der Waals surface area contributed by atoms with E-state index in [0.29, 0.717) is 6.42 Å². The Morgan fingerprint density at radius 1 is 1.38 bits per heavy atom. The quantitative estimate of drug-likeness (QED) is 0.695. The molecular weight excluding hydrogens is 160 g/mol. The van der Waals surface area contributed by atoms with E-state index < -0.39 is 0 Å². The summed E-state index contributed by atoms with van der Waals surface area (Å²) in [5, 5.41) is 11.9. The van der Waals surface area contributed by atoms with E-state index in [2.05, 4.69) is 29.6 Å². The van der Waals surface area contributed by atoms with Crippen molar-refractivity contribution in [1.82, 2.24) is 5.32 Å². The van der Waals surface area contributed by atoms with Gasteiger partial charge in [0.25, 0.3) is 0 Å². The number of nitrogens with one attached hydrogen (secondary N) is 1. The van der Waals surface area contributed by atoms with Crippen molar-refractivity contribution in [3.05, 3.63) is 34.9 Å². The van der Waals surface area contributed by atoms with Crippen molar-refractivity contribution in [3.8, 4) is 6.07 Å². The Morgan fingerprint density at radius 2 is 2.31 bits per heavy atom. The maximum atomic E-state index is 8.56. The van der Waals surface area contributed by atoms with Crippen molar-refractivity contribution >= 4 is 0 Å². The summed E-state index contributed by atoms with van der Waals surface area (Å²) in [5.41, 5.74) is 3.93. The van der Waals surface area contributed by atoms with Gasteiger partial charge in [-0.2, -0.15) is 5.26 Å². The van der Waals surface area contributed by atoms with Gasteiger partial charge in [0.05, 0.1) is 12.5 Å². The van der Waals surface area contributed by atoms with Crippen molar-refractivity contribution < 1.29 is 0 Å². The normalized spacial score (nSPS) is 14.7. The SMILES string of the molecule is N#CCc1ccc2c(c1)CCNC2. The molecule has 0 amide bonds. The lowest BCUT2D eigenvalue weighted by Crippen LogP contribution is -2.23. The third-order valence-corrected chi connectivity index (χ3v) is 2.44. The second kappa shape index (κ2) is 3.59. The number of hydrogen-bond donors (Lipinski definition) is 1. The van der Waals surface area contributed by atoms with Crippen molar-refractivity contribution in [2.45, 2.75) is 19.4 Å². The van der Waals surface area contributed by atoms with Crippen LogP contribution in [0.2, 0.25) is 0 Å². The predicted octanol–water partition coefficient (Wildman–Crippen LogP) is 1.40. The Bertz CT molecular complexity index is 350. The Balaban J connectivity index is 2.31. The van der Waals surface area contributed by atoms with Crippen molar-refractivity contribution in [3.63, 3.8) is 0 Å². The maximum absolute atomic E-state index is 8.56. The third-order valence-electron chi connectivity index (χ3n) is 2.44. The molecule has 66 valence electrons. The highest BCUT2D eigenvalue weighted by molar-refractivity contribution is 5.34. The average molecular weight is 172 g/mol. The fourth-order valence-corrected chi connectivity index (χ4v) is 1.73. The highest BCUT2D eigenvalue weighted by Crippen LogP contribution is 2.15. The molecule has 1 aromatic carbocycles. The molecule has 0 saturated carbocycles. The molecule has 1 N–H and O–H groups in total. The fourth-order valence-electron chi connectivity index (χ4n) is 1.73. The Labute approximate surface area is 78.2 Å². The van der Waals surface area contributed by atoms with Gasteiger partial charge in [-0.15, -0.1) is 0 Å². The zero-order valence-corrected chi connectivity index (χ0v) is 7.51. The second-order valence-corrected chi connectivity index (χ2v) is 3.36.